The summed E-state index contributed by atoms with van der Waals surface area (Å²) in [5.41, 5.74) is -0.342. The Labute approximate surface area is 144 Å². The van der Waals surface area contributed by atoms with Crippen LogP contribution in [0.3, 0.4) is 0 Å². The first-order valence-corrected chi connectivity index (χ1v) is 7.68. The average molecular weight is 385 g/mol. The van der Waals surface area contributed by atoms with Crippen LogP contribution in [-0.4, -0.2) is 41.6 Å². The van der Waals surface area contributed by atoms with Crippen LogP contribution in [0, 0.1) is 0 Å². The van der Waals surface area contributed by atoms with Gasteiger partial charge >= 0.3 is 10.2 Å². The topological polar surface area (TPSA) is 97.1 Å². The standard InChI is InChI=1S/C12H13FN4O3S.2ClH/c13-21(19,20)10-3-1-2-9(6-10)17-7-11(15-16-17)12(18)4-5-14-8-12;;/h1-3,6-7,14,18H,4-5,8H2;2*1H. The van der Waals surface area contributed by atoms with E-state index in [0.29, 0.717) is 30.9 Å². The summed E-state index contributed by atoms with van der Waals surface area (Å²) in [7, 11) is -4.78. The number of benzene rings is 1. The summed E-state index contributed by atoms with van der Waals surface area (Å²) in [6.45, 7) is 1.06. The molecule has 3 rings (SSSR count). The van der Waals surface area contributed by atoms with Crippen LogP contribution < -0.4 is 5.32 Å². The zero-order valence-electron chi connectivity index (χ0n) is 11.7. The number of nitrogens with one attached hydrogen (secondary N) is 1. The molecule has 128 valence electrons. The summed E-state index contributed by atoms with van der Waals surface area (Å²) < 4.78 is 36.2. The van der Waals surface area contributed by atoms with Crippen molar-refractivity contribution in [1.29, 1.82) is 0 Å². The zero-order valence-corrected chi connectivity index (χ0v) is 14.2. The minimum Gasteiger partial charge on any atom is -0.382 e. The first-order chi connectivity index (χ1) is 9.88. The number of rotatable bonds is 3. The lowest BCUT2D eigenvalue weighted by atomic mass is 10.0. The Bertz CT molecular complexity index is 778. The van der Waals surface area contributed by atoms with Crippen molar-refractivity contribution in [3.8, 4) is 5.69 Å². The largest absolute Gasteiger partial charge is 0.382 e. The minimum absolute atomic E-state index is 0. The third kappa shape index (κ3) is 3.99. The monoisotopic (exact) mass is 384 g/mol. The van der Waals surface area contributed by atoms with Crippen molar-refractivity contribution >= 4 is 35.0 Å². The molecule has 1 saturated heterocycles. The van der Waals surface area contributed by atoms with Crippen LogP contribution in [0.25, 0.3) is 5.69 Å². The van der Waals surface area contributed by atoms with E-state index >= 15 is 0 Å². The molecule has 1 atom stereocenters. The van der Waals surface area contributed by atoms with E-state index in [1.54, 1.807) is 6.07 Å². The van der Waals surface area contributed by atoms with Crippen LogP contribution in [0.15, 0.2) is 35.4 Å². The van der Waals surface area contributed by atoms with Crippen molar-refractivity contribution < 1.29 is 17.4 Å². The molecule has 1 aromatic heterocycles. The Morgan fingerprint density at radius 3 is 2.70 bits per heavy atom. The summed E-state index contributed by atoms with van der Waals surface area (Å²) >= 11 is 0. The normalized spacial score (nSPS) is 20.6. The van der Waals surface area contributed by atoms with Gasteiger partial charge in [0, 0.05) is 6.54 Å². The summed E-state index contributed by atoms with van der Waals surface area (Å²) in [5.74, 6) is 0. The molecule has 0 spiro atoms. The van der Waals surface area contributed by atoms with Crippen LogP contribution in [-0.2, 0) is 15.8 Å². The van der Waals surface area contributed by atoms with Crippen molar-refractivity contribution in [3.63, 3.8) is 0 Å². The first kappa shape index (κ1) is 19.8. The lowest BCUT2D eigenvalue weighted by Gasteiger charge is -2.16. The molecule has 2 N–H and O–H groups in total. The molecule has 23 heavy (non-hydrogen) atoms. The van der Waals surface area contributed by atoms with Gasteiger partial charge < -0.3 is 10.4 Å². The fraction of sp³-hybridized carbons (Fsp3) is 0.333. The van der Waals surface area contributed by atoms with Gasteiger partial charge in [-0.1, -0.05) is 11.3 Å². The Balaban J connectivity index is 0.00000132. The molecule has 0 bridgehead atoms. The molecule has 0 saturated carbocycles. The minimum atomic E-state index is -4.78. The van der Waals surface area contributed by atoms with Crippen LogP contribution in [0.2, 0.25) is 0 Å². The number of aromatic nitrogens is 3. The van der Waals surface area contributed by atoms with E-state index in [9.17, 15) is 17.4 Å². The van der Waals surface area contributed by atoms with Crippen LogP contribution in [0.1, 0.15) is 12.1 Å². The van der Waals surface area contributed by atoms with E-state index in [1.807, 2.05) is 0 Å². The van der Waals surface area contributed by atoms with Gasteiger partial charge in [0.1, 0.15) is 16.2 Å². The molecule has 1 unspecified atom stereocenters. The Morgan fingerprint density at radius 2 is 2.09 bits per heavy atom. The fourth-order valence-electron chi connectivity index (χ4n) is 2.28. The molecular formula is C12H15Cl2FN4O3S. The van der Waals surface area contributed by atoms with Gasteiger partial charge in [0.05, 0.1) is 11.9 Å². The van der Waals surface area contributed by atoms with E-state index in [2.05, 4.69) is 15.6 Å². The zero-order chi connectivity index (χ0) is 15.1. The number of hydrogen-bond donors (Lipinski definition) is 2. The molecule has 0 radical (unpaired) electrons. The van der Waals surface area contributed by atoms with E-state index in [-0.39, 0.29) is 24.8 Å². The molecule has 0 amide bonds. The second-order valence-electron chi connectivity index (χ2n) is 4.94. The van der Waals surface area contributed by atoms with Gasteiger partial charge in [-0.3, -0.25) is 0 Å². The Hall–Kier alpha value is -1.26. The summed E-state index contributed by atoms with van der Waals surface area (Å²) in [6, 6.07) is 5.30. The van der Waals surface area contributed by atoms with Crippen molar-refractivity contribution in [1.82, 2.24) is 20.3 Å². The van der Waals surface area contributed by atoms with Crippen molar-refractivity contribution in [2.75, 3.05) is 13.1 Å². The Kier molecular flexibility index (Phi) is 6.11. The molecule has 0 aliphatic carbocycles. The molecule has 1 aromatic carbocycles. The van der Waals surface area contributed by atoms with Gasteiger partial charge in [0.25, 0.3) is 0 Å². The van der Waals surface area contributed by atoms with Crippen molar-refractivity contribution in [3.05, 3.63) is 36.2 Å². The predicted molar refractivity (Wildman–Crippen MR) is 85.5 cm³/mol. The number of β-amino-alcohol motifs (C(OH)–C–C–N with tert-alkyl or cyclic N) is 1. The lowest BCUT2D eigenvalue weighted by Crippen LogP contribution is -2.28. The number of aliphatic hydroxyl groups is 1. The number of hydrogen-bond acceptors (Lipinski definition) is 6. The van der Waals surface area contributed by atoms with Gasteiger partial charge in [-0.15, -0.1) is 33.8 Å². The molecular weight excluding hydrogens is 370 g/mol. The summed E-state index contributed by atoms with van der Waals surface area (Å²) in [6.07, 6.45) is 2.03. The highest BCUT2D eigenvalue weighted by atomic mass is 35.5. The highest BCUT2D eigenvalue weighted by molar-refractivity contribution is 7.86. The molecule has 7 nitrogen and oxygen atoms in total. The molecule has 11 heteroatoms. The molecule has 1 aliphatic heterocycles. The van der Waals surface area contributed by atoms with Crippen molar-refractivity contribution in [2.24, 2.45) is 0 Å². The van der Waals surface area contributed by atoms with Gasteiger partial charge in [-0.2, -0.15) is 8.42 Å². The maximum absolute atomic E-state index is 13.0. The summed E-state index contributed by atoms with van der Waals surface area (Å²) in [4.78, 5) is -0.446. The van der Waals surface area contributed by atoms with Crippen LogP contribution in [0.5, 0.6) is 0 Å². The first-order valence-electron chi connectivity index (χ1n) is 6.30. The average Bonchev–Trinajstić information content (AvgIpc) is 3.07. The second-order valence-corrected chi connectivity index (χ2v) is 6.29. The predicted octanol–water partition coefficient (Wildman–Crippen LogP) is 0.950. The SMILES string of the molecule is Cl.Cl.O=S(=O)(F)c1cccc(-n2cc(C3(O)CCNC3)nn2)c1. The molecule has 1 aliphatic rings. The smallest absolute Gasteiger partial charge is 0.332 e. The molecule has 2 aromatic rings. The highest BCUT2D eigenvalue weighted by Crippen LogP contribution is 2.26. The highest BCUT2D eigenvalue weighted by Gasteiger charge is 2.35. The second kappa shape index (κ2) is 7.10. The van der Waals surface area contributed by atoms with Gasteiger partial charge in [-0.05, 0) is 31.2 Å². The quantitative estimate of drug-likeness (QED) is 0.764. The lowest BCUT2D eigenvalue weighted by molar-refractivity contribution is 0.0540. The van der Waals surface area contributed by atoms with Gasteiger partial charge in [0.2, 0.25) is 0 Å². The van der Waals surface area contributed by atoms with Gasteiger partial charge in [-0.25, -0.2) is 4.68 Å². The maximum atomic E-state index is 13.0. The van der Waals surface area contributed by atoms with Crippen LogP contribution in [0.4, 0.5) is 3.89 Å². The number of nitrogens with zero attached hydrogens (tertiary/aromatic N) is 3. The summed E-state index contributed by atoms with van der Waals surface area (Å²) in [5, 5.41) is 21.2. The fourth-order valence-corrected chi connectivity index (χ4v) is 2.78. The molecule has 1 fully saturated rings. The van der Waals surface area contributed by atoms with E-state index in [1.165, 1.54) is 16.9 Å². The van der Waals surface area contributed by atoms with Crippen molar-refractivity contribution in [2.45, 2.75) is 16.9 Å². The Morgan fingerprint density at radius 1 is 1.35 bits per heavy atom. The van der Waals surface area contributed by atoms with E-state index < -0.39 is 20.7 Å². The van der Waals surface area contributed by atoms with Gasteiger partial charge in [0.15, 0.2) is 0 Å². The molecule has 2 heterocycles. The number of halogens is 3. The maximum Gasteiger partial charge on any atom is 0.332 e. The van der Waals surface area contributed by atoms with E-state index in [0.717, 1.165) is 12.1 Å². The van der Waals surface area contributed by atoms with E-state index in [4.69, 9.17) is 0 Å². The van der Waals surface area contributed by atoms with Crippen LogP contribution >= 0.6 is 24.8 Å². The third-order valence-corrected chi connectivity index (χ3v) is 4.28. The third-order valence-electron chi connectivity index (χ3n) is 3.47.